The van der Waals surface area contributed by atoms with Crippen molar-refractivity contribution in [2.45, 2.75) is 83.4 Å². The van der Waals surface area contributed by atoms with Gasteiger partial charge in [0, 0.05) is 34.9 Å². The maximum Gasteiger partial charge on any atom is 0.408 e. The van der Waals surface area contributed by atoms with E-state index in [9.17, 15) is 9.59 Å². The van der Waals surface area contributed by atoms with E-state index in [0.29, 0.717) is 23.0 Å². The van der Waals surface area contributed by atoms with E-state index in [2.05, 4.69) is 11.4 Å². The first-order valence-corrected chi connectivity index (χ1v) is 13.4. The van der Waals surface area contributed by atoms with Gasteiger partial charge in [0.15, 0.2) is 5.65 Å². The molecule has 1 aromatic carbocycles. The number of likely N-dealkylation sites (tertiary alicyclic amines) is 1. The first kappa shape index (κ1) is 25.5. The third-order valence-electron chi connectivity index (χ3n) is 6.86. The van der Waals surface area contributed by atoms with Gasteiger partial charge in [-0.25, -0.2) is 14.3 Å². The lowest BCUT2D eigenvalue weighted by Crippen LogP contribution is -2.47. The summed E-state index contributed by atoms with van der Waals surface area (Å²) in [6.07, 6.45) is 4.38. The Hall–Kier alpha value is -3.13. The summed E-state index contributed by atoms with van der Waals surface area (Å²) in [7, 11) is 0. The van der Waals surface area contributed by atoms with E-state index < -0.39 is 17.7 Å². The first-order valence-electron chi connectivity index (χ1n) is 13.0. The Balaban J connectivity index is 1.47. The van der Waals surface area contributed by atoms with Crippen LogP contribution in [0.15, 0.2) is 36.4 Å². The van der Waals surface area contributed by atoms with Crippen molar-refractivity contribution in [1.29, 1.82) is 0 Å². The van der Waals surface area contributed by atoms with E-state index in [0.717, 1.165) is 42.0 Å². The summed E-state index contributed by atoms with van der Waals surface area (Å²) in [5.41, 5.74) is 3.70. The second kappa shape index (κ2) is 9.97. The molecule has 196 valence electrons. The van der Waals surface area contributed by atoms with E-state index in [4.69, 9.17) is 26.4 Å². The number of fused-ring (bicyclic) bond motifs is 1. The molecule has 2 aliphatic rings. The molecular weight excluding hydrogens is 490 g/mol. The molecule has 2 atom stereocenters. The Bertz CT molecular complexity index is 1330. The van der Waals surface area contributed by atoms with Crippen molar-refractivity contribution in [3.8, 4) is 0 Å². The molecular formula is C28H34ClN5O3. The molecule has 1 saturated heterocycles. The van der Waals surface area contributed by atoms with Crippen LogP contribution in [0.5, 0.6) is 0 Å². The number of ether oxygens (including phenoxy) is 1. The van der Waals surface area contributed by atoms with Crippen LogP contribution in [0.1, 0.15) is 93.5 Å². The average molecular weight is 524 g/mol. The molecule has 1 unspecified atom stereocenters. The van der Waals surface area contributed by atoms with Crippen LogP contribution in [0.4, 0.5) is 4.79 Å². The average Bonchev–Trinajstić information content (AvgIpc) is 3.60. The fraction of sp³-hybridized carbons (Fsp3) is 0.500. The number of nitrogens with zero attached hydrogens (tertiary/aromatic N) is 4. The minimum atomic E-state index is -0.937. The molecule has 8 nitrogen and oxygen atoms in total. The lowest BCUT2D eigenvalue weighted by atomic mass is 9.96. The van der Waals surface area contributed by atoms with Crippen molar-refractivity contribution in [2.75, 3.05) is 6.54 Å². The lowest BCUT2D eigenvalue weighted by Gasteiger charge is -2.37. The summed E-state index contributed by atoms with van der Waals surface area (Å²) in [5, 5.41) is 8.16. The Labute approximate surface area is 222 Å². The number of nitrogens with one attached hydrogen (secondary N) is 1. The highest BCUT2D eigenvalue weighted by Gasteiger charge is 2.36. The van der Waals surface area contributed by atoms with Gasteiger partial charge in [-0.05, 0) is 83.6 Å². The van der Waals surface area contributed by atoms with Crippen LogP contribution in [0.2, 0.25) is 5.02 Å². The number of halogens is 1. The molecule has 2 aromatic heterocycles. The molecule has 2 amide bonds. The van der Waals surface area contributed by atoms with Crippen LogP contribution in [-0.2, 0) is 9.53 Å². The summed E-state index contributed by atoms with van der Waals surface area (Å²) in [6.45, 7) is 7.98. The van der Waals surface area contributed by atoms with Crippen molar-refractivity contribution < 1.29 is 14.3 Å². The minimum absolute atomic E-state index is 0.210. The number of aromatic nitrogens is 3. The zero-order chi connectivity index (χ0) is 26.3. The van der Waals surface area contributed by atoms with E-state index >= 15 is 0 Å². The van der Waals surface area contributed by atoms with Gasteiger partial charge in [-0.1, -0.05) is 23.7 Å². The fourth-order valence-electron chi connectivity index (χ4n) is 4.99. The number of alkyl carbamates (subject to hydrolysis) is 1. The number of piperidine rings is 1. The van der Waals surface area contributed by atoms with Gasteiger partial charge < -0.3 is 15.0 Å². The van der Waals surface area contributed by atoms with Crippen molar-refractivity contribution >= 4 is 29.2 Å². The quantitative estimate of drug-likeness (QED) is 0.450. The van der Waals surface area contributed by atoms with Crippen molar-refractivity contribution in [3.05, 3.63) is 64.1 Å². The Morgan fingerprint density at radius 2 is 1.89 bits per heavy atom. The van der Waals surface area contributed by atoms with Crippen LogP contribution in [0, 0.1) is 6.92 Å². The van der Waals surface area contributed by atoms with Gasteiger partial charge in [0.25, 0.3) is 0 Å². The summed E-state index contributed by atoms with van der Waals surface area (Å²) in [5.74, 6) is 0.338. The van der Waals surface area contributed by atoms with Crippen LogP contribution >= 0.6 is 11.6 Å². The van der Waals surface area contributed by atoms with Gasteiger partial charge in [-0.15, -0.1) is 0 Å². The van der Waals surface area contributed by atoms with Crippen molar-refractivity contribution in [1.82, 2.24) is 24.8 Å². The number of carbonyl (C=O) groups is 2. The molecule has 0 radical (unpaired) electrons. The molecule has 1 saturated carbocycles. The summed E-state index contributed by atoms with van der Waals surface area (Å²) >= 11 is 6.26. The van der Waals surface area contributed by atoms with Crippen LogP contribution in [0.25, 0.3) is 5.65 Å². The highest BCUT2D eigenvalue weighted by molar-refractivity contribution is 6.30. The summed E-state index contributed by atoms with van der Waals surface area (Å²) < 4.78 is 7.35. The second-order valence-electron chi connectivity index (χ2n) is 11.1. The third-order valence-corrected chi connectivity index (χ3v) is 7.09. The Morgan fingerprint density at radius 1 is 1.11 bits per heavy atom. The summed E-state index contributed by atoms with van der Waals surface area (Å²) in [6, 6.07) is 9.99. The van der Waals surface area contributed by atoms with Gasteiger partial charge in [-0.3, -0.25) is 4.79 Å². The maximum absolute atomic E-state index is 14.1. The maximum atomic E-state index is 14.1. The molecule has 1 N–H and O–H groups in total. The normalized spacial score (nSPS) is 19.1. The molecule has 37 heavy (non-hydrogen) atoms. The monoisotopic (exact) mass is 523 g/mol. The van der Waals surface area contributed by atoms with Gasteiger partial charge in [-0.2, -0.15) is 5.10 Å². The predicted molar refractivity (Wildman–Crippen MR) is 142 cm³/mol. The molecule has 0 bridgehead atoms. The van der Waals surface area contributed by atoms with Crippen molar-refractivity contribution in [2.24, 2.45) is 0 Å². The van der Waals surface area contributed by atoms with E-state index in [1.165, 1.54) is 12.8 Å². The highest BCUT2D eigenvalue weighted by Crippen LogP contribution is 2.40. The SMILES string of the molecule is Cc1cc(C2CC2)nc2cc([C@@H]3CCCCN3C(=O)C(NC(=O)OC(C)(C)C)c3cccc(Cl)c3)nn12. The molecule has 9 heteroatoms. The van der Waals surface area contributed by atoms with Gasteiger partial charge in [0.1, 0.15) is 11.6 Å². The Kier molecular flexibility index (Phi) is 6.88. The zero-order valence-electron chi connectivity index (χ0n) is 21.8. The topological polar surface area (TPSA) is 88.8 Å². The standard InChI is InChI=1S/C28H34ClN5O3/c1-17-14-21(18-11-12-18)30-24-16-22(32-34(17)24)23-10-5-6-13-33(23)26(35)25(19-8-7-9-20(29)15-19)31-27(36)37-28(2,3)4/h7-9,14-16,18,23,25H,5-6,10-13H2,1-4H3,(H,31,36)/t23-,25?/m0/s1. The van der Waals surface area contributed by atoms with Gasteiger partial charge in [0.05, 0.1) is 11.7 Å². The number of aryl methyl sites for hydroxylation is 1. The van der Waals surface area contributed by atoms with Crippen molar-refractivity contribution in [3.63, 3.8) is 0 Å². The number of hydrogen-bond donors (Lipinski definition) is 1. The van der Waals surface area contributed by atoms with Crippen LogP contribution in [-0.4, -0.2) is 43.6 Å². The third kappa shape index (κ3) is 5.74. The zero-order valence-corrected chi connectivity index (χ0v) is 22.6. The van der Waals surface area contributed by atoms with Crippen LogP contribution < -0.4 is 5.32 Å². The minimum Gasteiger partial charge on any atom is -0.444 e. The number of carbonyl (C=O) groups excluding carboxylic acids is 2. The second-order valence-corrected chi connectivity index (χ2v) is 11.5. The predicted octanol–water partition coefficient (Wildman–Crippen LogP) is 5.89. The molecule has 3 heterocycles. The molecule has 3 aromatic rings. The smallest absolute Gasteiger partial charge is 0.408 e. The fourth-order valence-corrected chi connectivity index (χ4v) is 5.19. The number of benzene rings is 1. The molecule has 2 fully saturated rings. The van der Waals surface area contributed by atoms with Gasteiger partial charge >= 0.3 is 6.09 Å². The Morgan fingerprint density at radius 3 is 2.59 bits per heavy atom. The van der Waals surface area contributed by atoms with Gasteiger partial charge in [0.2, 0.25) is 5.91 Å². The first-order chi connectivity index (χ1) is 17.6. The molecule has 5 rings (SSSR count). The lowest BCUT2D eigenvalue weighted by molar-refractivity contribution is -0.137. The summed E-state index contributed by atoms with van der Waals surface area (Å²) in [4.78, 5) is 33.5. The largest absolute Gasteiger partial charge is 0.444 e. The van der Waals surface area contributed by atoms with E-state index in [1.807, 2.05) is 22.4 Å². The number of hydrogen-bond acceptors (Lipinski definition) is 5. The number of rotatable bonds is 5. The molecule has 0 spiro atoms. The van der Waals surface area contributed by atoms with Crippen LogP contribution in [0.3, 0.4) is 0 Å². The van der Waals surface area contributed by atoms with E-state index in [-0.39, 0.29) is 11.9 Å². The molecule has 1 aliphatic heterocycles. The molecule has 1 aliphatic carbocycles. The van der Waals surface area contributed by atoms with E-state index in [1.54, 1.807) is 45.0 Å². The number of amides is 2. The highest BCUT2D eigenvalue weighted by atomic mass is 35.5.